The summed E-state index contributed by atoms with van der Waals surface area (Å²) in [5.74, 6) is -0.795. The number of hydrogen-bond donors (Lipinski definition) is 2. The minimum Gasteiger partial charge on any atom is -0.495 e. The predicted molar refractivity (Wildman–Crippen MR) is 96.0 cm³/mol. The molecule has 6 nitrogen and oxygen atoms in total. The third-order valence-electron chi connectivity index (χ3n) is 3.52. The van der Waals surface area contributed by atoms with Gasteiger partial charge in [0.25, 0.3) is 0 Å². The largest absolute Gasteiger partial charge is 0.495 e. The maximum Gasteiger partial charge on any atom is 0.245 e. The summed E-state index contributed by atoms with van der Waals surface area (Å²) in [6, 6.07) is 8.74. The molecule has 0 radical (unpaired) electrons. The molecule has 0 heterocycles. The van der Waals surface area contributed by atoms with Gasteiger partial charge in [0.05, 0.1) is 13.2 Å². The average Bonchev–Trinajstić information content (AvgIpc) is 2.60. The summed E-state index contributed by atoms with van der Waals surface area (Å²) < 4.78 is 45.2. The zero-order valence-electron chi connectivity index (χ0n) is 14.1. The number of ether oxygens (including phenoxy) is 1. The molecule has 0 saturated heterocycles. The van der Waals surface area contributed by atoms with E-state index in [1.807, 2.05) is 0 Å². The second-order valence-electron chi connectivity index (χ2n) is 5.48. The van der Waals surface area contributed by atoms with E-state index in [2.05, 4.69) is 10.0 Å². The Kier molecular flexibility index (Phi) is 6.57. The summed E-state index contributed by atoms with van der Waals surface area (Å²) in [6.07, 6.45) is 0. The highest BCUT2D eigenvalue weighted by atomic mass is 35.5. The first-order valence-corrected chi connectivity index (χ1v) is 9.47. The summed E-state index contributed by atoms with van der Waals surface area (Å²) >= 11 is 5.85. The van der Waals surface area contributed by atoms with Gasteiger partial charge >= 0.3 is 0 Å². The van der Waals surface area contributed by atoms with Crippen molar-refractivity contribution in [3.63, 3.8) is 0 Å². The summed E-state index contributed by atoms with van der Waals surface area (Å²) in [4.78, 5) is 12.0. The molecule has 26 heavy (non-hydrogen) atoms. The Morgan fingerprint density at radius 1 is 1.23 bits per heavy atom. The highest BCUT2D eigenvalue weighted by Crippen LogP contribution is 2.27. The van der Waals surface area contributed by atoms with Crippen LogP contribution in [-0.2, 0) is 21.4 Å². The van der Waals surface area contributed by atoms with Gasteiger partial charge in [0, 0.05) is 11.6 Å². The first-order chi connectivity index (χ1) is 12.2. The smallest absolute Gasteiger partial charge is 0.245 e. The molecule has 2 aromatic rings. The summed E-state index contributed by atoms with van der Waals surface area (Å²) in [7, 11) is -2.69. The lowest BCUT2D eigenvalue weighted by atomic mass is 10.2. The van der Waals surface area contributed by atoms with Crippen LogP contribution in [0.4, 0.5) is 4.39 Å². The standard InChI is InChI=1S/C17H18ClFN2O4S/c1-11(17(22)20-10-12-3-6-14(19)7-4-12)21-26(23,24)16-9-13(18)5-8-15(16)25-2/h3-9,11,21H,10H2,1-2H3,(H,20,22)/t11-/m1/s1. The molecule has 9 heteroatoms. The molecule has 140 valence electrons. The third kappa shape index (κ3) is 5.17. The molecule has 0 aliphatic heterocycles. The highest BCUT2D eigenvalue weighted by Gasteiger charge is 2.25. The Morgan fingerprint density at radius 2 is 1.88 bits per heavy atom. The number of rotatable bonds is 7. The molecule has 2 N–H and O–H groups in total. The summed E-state index contributed by atoms with van der Waals surface area (Å²) in [6.45, 7) is 1.56. The SMILES string of the molecule is COc1ccc(Cl)cc1S(=O)(=O)N[C@H](C)C(=O)NCc1ccc(F)cc1. The van der Waals surface area contributed by atoms with Gasteiger partial charge in [-0.05, 0) is 42.8 Å². The normalized spacial score (nSPS) is 12.5. The van der Waals surface area contributed by atoms with Crippen LogP contribution in [0.3, 0.4) is 0 Å². The van der Waals surface area contributed by atoms with Gasteiger partial charge in [-0.3, -0.25) is 4.79 Å². The van der Waals surface area contributed by atoms with Crippen molar-refractivity contribution in [2.24, 2.45) is 0 Å². The number of amides is 1. The lowest BCUT2D eigenvalue weighted by Gasteiger charge is -2.16. The summed E-state index contributed by atoms with van der Waals surface area (Å²) in [5.41, 5.74) is 0.686. The molecule has 0 spiro atoms. The van der Waals surface area contributed by atoms with Crippen LogP contribution < -0.4 is 14.8 Å². The molecular formula is C17H18ClFN2O4S. The quantitative estimate of drug-likeness (QED) is 0.747. The van der Waals surface area contributed by atoms with E-state index in [9.17, 15) is 17.6 Å². The van der Waals surface area contributed by atoms with Crippen molar-refractivity contribution in [2.75, 3.05) is 7.11 Å². The van der Waals surface area contributed by atoms with E-state index in [1.54, 1.807) is 0 Å². The van der Waals surface area contributed by atoms with Crippen LogP contribution in [0.15, 0.2) is 47.4 Å². The van der Waals surface area contributed by atoms with Gasteiger partial charge in [-0.25, -0.2) is 12.8 Å². The molecule has 0 saturated carbocycles. The Labute approximate surface area is 156 Å². The average molecular weight is 401 g/mol. The van der Waals surface area contributed by atoms with Crippen LogP contribution in [0.5, 0.6) is 5.75 Å². The van der Waals surface area contributed by atoms with Crippen molar-refractivity contribution in [1.29, 1.82) is 0 Å². The number of hydrogen-bond acceptors (Lipinski definition) is 4. The molecule has 0 fully saturated rings. The number of sulfonamides is 1. The van der Waals surface area contributed by atoms with Gasteiger partial charge in [-0.15, -0.1) is 0 Å². The van der Waals surface area contributed by atoms with Crippen LogP contribution in [0, 0.1) is 5.82 Å². The van der Waals surface area contributed by atoms with E-state index in [0.717, 1.165) is 0 Å². The first kappa shape index (κ1) is 20.2. The topological polar surface area (TPSA) is 84.5 Å². The molecular weight excluding hydrogens is 383 g/mol. The number of nitrogens with one attached hydrogen (secondary N) is 2. The minimum atomic E-state index is -4.03. The third-order valence-corrected chi connectivity index (χ3v) is 5.32. The lowest BCUT2D eigenvalue weighted by Crippen LogP contribution is -2.44. The first-order valence-electron chi connectivity index (χ1n) is 7.61. The van der Waals surface area contributed by atoms with Crippen molar-refractivity contribution in [1.82, 2.24) is 10.0 Å². The van der Waals surface area contributed by atoms with E-state index in [4.69, 9.17) is 16.3 Å². The number of methoxy groups -OCH3 is 1. The molecule has 0 aliphatic carbocycles. The van der Waals surface area contributed by atoms with Crippen LogP contribution in [0.1, 0.15) is 12.5 Å². The second-order valence-corrected chi connectivity index (χ2v) is 7.60. The van der Waals surface area contributed by atoms with E-state index in [0.29, 0.717) is 5.56 Å². The van der Waals surface area contributed by atoms with Gasteiger partial charge in [0.1, 0.15) is 16.5 Å². The molecule has 0 bridgehead atoms. The fourth-order valence-corrected chi connectivity index (χ4v) is 3.79. The number of halogens is 2. The van der Waals surface area contributed by atoms with Crippen molar-refractivity contribution in [3.8, 4) is 5.75 Å². The maximum absolute atomic E-state index is 12.9. The second kappa shape index (κ2) is 8.48. The molecule has 0 aliphatic rings. The highest BCUT2D eigenvalue weighted by molar-refractivity contribution is 7.89. The monoisotopic (exact) mass is 400 g/mol. The molecule has 2 aromatic carbocycles. The van der Waals surface area contributed by atoms with Crippen molar-refractivity contribution >= 4 is 27.5 Å². The molecule has 0 aromatic heterocycles. The molecule has 1 atom stereocenters. The zero-order chi connectivity index (χ0) is 19.3. The maximum atomic E-state index is 12.9. The van der Waals surface area contributed by atoms with E-state index < -0.39 is 22.0 Å². The summed E-state index contributed by atoms with van der Waals surface area (Å²) in [5, 5.41) is 2.81. The lowest BCUT2D eigenvalue weighted by molar-refractivity contribution is -0.122. The Morgan fingerprint density at radius 3 is 2.50 bits per heavy atom. The van der Waals surface area contributed by atoms with Gasteiger partial charge in [-0.1, -0.05) is 23.7 Å². The van der Waals surface area contributed by atoms with Gasteiger partial charge in [0.2, 0.25) is 15.9 Å². The Hall–Kier alpha value is -2.16. The van der Waals surface area contributed by atoms with E-state index >= 15 is 0 Å². The van der Waals surface area contributed by atoms with Crippen molar-refractivity contribution in [2.45, 2.75) is 24.4 Å². The number of carbonyl (C=O) groups excluding carboxylic acids is 1. The fourth-order valence-electron chi connectivity index (χ4n) is 2.15. The molecule has 0 unspecified atom stereocenters. The molecule has 2 rings (SSSR count). The number of carbonyl (C=O) groups is 1. The van der Waals surface area contributed by atoms with Crippen molar-refractivity contribution in [3.05, 3.63) is 58.9 Å². The zero-order valence-corrected chi connectivity index (χ0v) is 15.7. The van der Waals surface area contributed by atoms with E-state index in [1.165, 1.54) is 56.5 Å². The molecule has 1 amide bonds. The Balaban J connectivity index is 2.05. The fraction of sp³-hybridized carbons (Fsp3) is 0.235. The van der Waals surface area contributed by atoms with E-state index in [-0.39, 0.29) is 28.0 Å². The van der Waals surface area contributed by atoms with Crippen LogP contribution in [0.2, 0.25) is 5.02 Å². The van der Waals surface area contributed by atoms with Crippen LogP contribution in [0.25, 0.3) is 0 Å². The number of benzene rings is 2. The van der Waals surface area contributed by atoms with Crippen LogP contribution in [-0.4, -0.2) is 27.5 Å². The van der Waals surface area contributed by atoms with Gasteiger partial charge in [-0.2, -0.15) is 4.72 Å². The van der Waals surface area contributed by atoms with Crippen molar-refractivity contribution < 1.29 is 22.3 Å². The minimum absolute atomic E-state index is 0.112. The predicted octanol–water partition coefficient (Wildman–Crippen LogP) is 2.47. The Bertz CT molecular complexity index is 888. The van der Waals surface area contributed by atoms with Gasteiger partial charge < -0.3 is 10.1 Å². The van der Waals surface area contributed by atoms with Crippen LogP contribution >= 0.6 is 11.6 Å². The van der Waals surface area contributed by atoms with Gasteiger partial charge in [0.15, 0.2) is 0 Å².